The molecule has 0 saturated heterocycles. The number of hydrazine groups is 1. The fraction of sp³-hybridized carbons (Fsp3) is 0.462. The van der Waals surface area contributed by atoms with Crippen LogP contribution in [0.5, 0.6) is 5.75 Å². The lowest BCUT2D eigenvalue weighted by Crippen LogP contribution is -2.31. The smallest absolute Gasteiger partial charge is 0.162 e. The van der Waals surface area contributed by atoms with Crippen LogP contribution in [0.4, 0.5) is 0 Å². The number of nitrogens with zero attached hydrogens (tertiary/aromatic N) is 3. The predicted octanol–water partition coefficient (Wildman–Crippen LogP) is 1.83. The Morgan fingerprint density at radius 2 is 2.33 bits per heavy atom. The van der Waals surface area contributed by atoms with Crippen LogP contribution >= 0.6 is 27.3 Å². The van der Waals surface area contributed by atoms with Gasteiger partial charge in [-0.15, -0.1) is 11.3 Å². The maximum Gasteiger partial charge on any atom is 0.162 e. The van der Waals surface area contributed by atoms with E-state index in [4.69, 9.17) is 10.6 Å². The predicted molar refractivity (Wildman–Crippen MR) is 88.5 cm³/mol. The molecule has 0 bridgehead atoms. The molecule has 2 rings (SSSR count). The van der Waals surface area contributed by atoms with E-state index >= 15 is 0 Å². The largest absolute Gasteiger partial charge is 0.493 e. The van der Waals surface area contributed by atoms with Crippen LogP contribution < -0.4 is 16.0 Å². The minimum Gasteiger partial charge on any atom is -0.493 e. The third-order valence-electron chi connectivity index (χ3n) is 3.14. The third-order valence-corrected chi connectivity index (χ3v) is 4.89. The molecule has 0 aliphatic rings. The number of methoxy groups -OCH3 is 1. The molecule has 2 aromatic rings. The molecule has 8 heteroatoms. The molecular formula is C13H20BrN5OS. The number of nitrogens with one attached hydrogen (secondary N) is 1. The summed E-state index contributed by atoms with van der Waals surface area (Å²) in [6.07, 6.45) is 1.73. The molecule has 0 radical (unpaired) electrons. The highest BCUT2D eigenvalue weighted by Crippen LogP contribution is 2.34. The Balaban J connectivity index is 2.36. The first-order chi connectivity index (χ1) is 10.1. The number of nitrogens with two attached hydrogens (primary N) is 1. The molecule has 0 fully saturated rings. The van der Waals surface area contributed by atoms with Crippen molar-refractivity contribution in [2.45, 2.75) is 12.6 Å². The van der Waals surface area contributed by atoms with Crippen LogP contribution in [0.1, 0.15) is 16.6 Å². The number of aromatic nitrogens is 2. The Hall–Kier alpha value is -0.930. The van der Waals surface area contributed by atoms with Gasteiger partial charge in [0.15, 0.2) is 5.75 Å². The van der Waals surface area contributed by atoms with Gasteiger partial charge in [0.05, 0.1) is 19.9 Å². The zero-order chi connectivity index (χ0) is 15.4. The second-order valence-corrected chi connectivity index (χ2v) is 6.75. The molecule has 2 heterocycles. The molecule has 0 aromatic carbocycles. The van der Waals surface area contributed by atoms with Crippen molar-refractivity contribution in [3.05, 3.63) is 32.7 Å². The normalized spacial score (nSPS) is 12.9. The van der Waals surface area contributed by atoms with E-state index in [0.29, 0.717) is 0 Å². The van der Waals surface area contributed by atoms with Crippen LogP contribution in [-0.4, -0.2) is 42.4 Å². The topological polar surface area (TPSA) is 68.3 Å². The Labute approximate surface area is 137 Å². The van der Waals surface area contributed by atoms with Crippen molar-refractivity contribution in [1.82, 2.24) is 20.1 Å². The van der Waals surface area contributed by atoms with Gasteiger partial charge in [0, 0.05) is 21.3 Å². The molecule has 21 heavy (non-hydrogen) atoms. The van der Waals surface area contributed by atoms with E-state index in [-0.39, 0.29) is 6.04 Å². The summed E-state index contributed by atoms with van der Waals surface area (Å²) >= 11 is 5.11. The summed E-state index contributed by atoms with van der Waals surface area (Å²) in [7, 11) is 5.72. The number of thiophene rings is 1. The summed E-state index contributed by atoms with van der Waals surface area (Å²) in [5, 5.41) is 6.46. The Kier molecular flexibility index (Phi) is 5.77. The molecule has 3 N–H and O–H groups in total. The van der Waals surface area contributed by atoms with Gasteiger partial charge in [0.25, 0.3) is 0 Å². The molecule has 1 atom stereocenters. The Morgan fingerprint density at radius 1 is 1.57 bits per heavy atom. The molecule has 2 aromatic heterocycles. The van der Waals surface area contributed by atoms with Gasteiger partial charge < -0.3 is 9.64 Å². The van der Waals surface area contributed by atoms with Gasteiger partial charge in [-0.2, -0.15) is 5.10 Å². The Bertz CT molecular complexity index is 583. The van der Waals surface area contributed by atoms with E-state index < -0.39 is 0 Å². The summed E-state index contributed by atoms with van der Waals surface area (Å²) < 4.78 is 8.43. The van der Waals surface area contributed by atoms with Gasteiger partial charge in [-0.25, -0.2) is 5.43 Å². The van der Waals surface area contributed by atoms with E-state index in [1.54, 1.807) is 24.6 Å². The first kappa shape index (κ1) is 16.4. The maximum absolute atomic E-state index is 5.79. The second-order valence-electron chi connectivity index (χ2n) is 4.89. The lowest BCUT2D eigenvalue weighted by atomic mass is 10.1. The summed E-state index contributed by atoms with van der Waals surface area (Å²) in [5.74, 6) is 6.53. The number of hydrogen-bond acceptors (Lipinski definition) is 6. The molecular weight excluding hydrogens is 354 g/mol. The number of rotatable bonds is 7. The number of likely N-dealkylation sites (N-methyl/N-ethyl adjacent to an activating group) is 1. The summed E-state index contributed by atoms with van der Waals surface area (Å²) in [6, 6.07) is 1.90. The standard InChI is InChI=1S/C13H20BrN5OS/c1-18(2)4-5-19-13(10(20-3)7-16-19)12(17-15)11-6-9(14)8-21-11/h6-8,12,17H,4-5,15H2,1-3H3. The summed E-state index contributed by atoms with van der Waals surface area (Å²) in [6.45, 7) is 1.67. The molecule has 6 nitrogen and oxygen atoms in total. The quantitative estimate of drug-likeness (QED) is 0.572. The second kappa shape index (κ2) is 7.37. The van der Waals surface area contributed by atoms with Crippen LogP contribution in [0.3, 0.4) is 0 Å². The van der Waals surface area contributed by atoms with Gasteiger partial charge >= 0.3 is 0 Å². The number of halogens is 1. The first-order valence-electron chi connectivity index (χ1n) is 6.51. The van der Waals surface area contributed by atoms with E-state index in [2.05, 4.69) is 37.4 Å². The molecule has 0 amide bonds. The van der Waals surface area contributed by atoms with Crippen LogP contribution in [0, 0.1) is 0 Å². The van der Waals surface area contributed by atoms with Gasteiger partial charge in [-0.05, 0) is 36.1 Å². The average molecular weight is 374 g/mol. The van der Waals surface area contributed by atoms with Crippen LogP contribution in [0.25, 0.3) is 0 Å². The van der Waals surface area contributed by atoms with Gasteiger partial charge in [0.2, 0.25) is 0 Å². The van der Waals surface area contributed by atoms with Crippen molar-refractivity contribution in [1.29, 1.82) is 0 Å². The fourth-order valence-electron chi connectivity index (χ4n) is 2.07. The first-order valence-corrected chi connectivity index (χ1v) is 8.18. The monoisotopic (exact) mass is 373 g/mol. The molecule has 0 aliphatic carbocycles. The van der Waals surface area contributed by atoms with Crippen molar-refractivity contribution >= 4 is 27.3 Å². The lowest BCUT2D eigenvalue weighted by molar-refractivity contribution is 0.360. The fourth-order valence-corrected chi connectivity index (χ4v) is 3.58. The van der Waals surface area contributed by atoms with Crippen molar-refractivity contribution in [2.75, 3.05) is 27.7 Å². The summed E-state index contributed by atoms with van der Waals surface area (Å²) in [5.41, 5.74) is 3.81. The zero-order valence-corrected chi connectivity index (χ0v) is 14.7. The number of hydrogen-bond donors (Lipinski definition) is 2. The highest BCUT2D eigenvalue weighted by molar-refractivity contribution is 9.10. The molecule has 0 saturated carbocycles. The van der Waals surface area contributed by atoms with Crippen LogP contribution in [0.15, 0.2) is 22.1 Å². The zero-order valence-electron chi connectivity index (χ0n) is 12.3. The molecule has 0 spiro atoms. The van der Waals surface area contributed by atoms with Crippen molar-refractivity contribution in [2.24, 2.45) is 5.84 Å². The SMILES string of the molecule is COc1cnn(CCN(C)C)c1C(NN)c1cc(Br)cs1. The van der Waals surface area contributed by atoms with Crippen molar-refractivity contribution in [3.8, 4) is 5.75 Å². The minimum absolute atomic E-state index is 0.152. The highest BCUT2D eigenvalue weighted by atomic mass is 79.9. The van der Waals surface area contributed by atoms with E-state index in [9.17, 15) is 0 Å². The van der Waals surface area contributed by atoms with Crippen molar-refractivity contribution in [3.63, 3.8) is 0 Å². The van der Waals surface area contributed by atoms with Crippen molar-refractivity contribution < 1.29 is 4.74 Å². The highest BCUT2D eigenvalue weighted by Gasteiger charge is 2.24. The third kappa shape index (κ3) is 3.83. The van der Waals surface area contributed by atoms with Gasteiger partial charge in [0.1, 0.15) is 11.7 Å². The van der Waals surface area contributed by atoms with E-state index in [0.717, 1.165) is 33.9 Å². The lowest BCUT2D eigenvalue weighted by Gasteiger charge is -2.19. The van der Waals surface area contributed by atoms with E-state index in [1.807, 2.05) is 24.2 Å². The molecule has 0 aliphatic heterocycles. The van der Waals surface area contributed by atoms with E-state index in [1.165, 1.54) is 0 Å². The van der Waals surface area contributed by atoms with Gasteiger partial charge in [-0.3, -0.25) is 10.5 Å². The molecule has 1 unspecified atom stereocenters. The average Bonchev–Trinajstić information content (AvgIpc) is 3.05. The summed E-state index contributed by atoms with van der Waals surface area (Å²) in [4.78, 5) is 3.22. The number of ether oxygens (including phenoxy) is 1. The maximum atomic E-state index is 5.79. The van der Waals surface area contributed by atoms with Crippen LogP contribution in [0.2, 0.25) is 0 Å². The Morgan fingerprint density at radius 3 is 2.86 bits per heavy atom. The minimum atomic E-state index is -0.152. The van der Waals surface area contributed by atoms with Crippen LogP contribution in [-0.2, 0) is 6.54 Å². The molecule has 116 valence electrons. The van der Waals surface area contributed by atoms with Gasteiger partial charge in [-0.1, -0.05) is 0 Å².